The van der Waals surface area contributed by atoms with Gasteiger partial charge in [0.25, 0.3) is 43.9 Å². The van der Waals surface area contributed by atoms with Gasteiger partial charge in [0.2, 0.25) is 5.69 Å². The molecule has 0 spiro atoms. The fourth-order valence-corrected chi connectivity index (χ4v) is 12.7. The number of amides is 4. The molecule has 0 saturated carbocycles. The Morgan fingerprint density at radius 1 is 0.705 bits per heavy atom. The Bertz CT molecular complexity index is 3890. The van der Waals surface area contributed by atoms with Crippen LogP contribution in [0, 0.1) is 0 Å². The molecule has 4 amide bonds. The van der Waals surface area contributed by atoms with Gasteiger partial charge in [-0.15, -0.1) is 36.6 Å². The number of pyridine rings is 1. The average molecular weight is 1340 g/mol. The van der Waals surface area contributed by atoms with Gasteiger partial charge in [0.15, 0.2) is 5.71 Å². The number of fused-ring (bicyclic) bond motifs is 4. The number of unbranched alkanes of at least 4 members (excludes halogenated alkanes) is 3. The third-order valence-electron chi connectivity index (χ3n) is 14.2. The Hall–Kier alpha value is -6.91. The molecule has 2 aromatic heterocycles. The Labute approximate surface area is 519 Å². The van der Waals surface area contributed by atoms with E-state index in [-0.39, 0.29) is 36.2 Å². The lowest BCUT2D eigenvalue weighted by atomic mass is 9.74. The van der Waals surface area contributed by atoms with E-state index in [2.05, 4.69) is 58.8 Å². The summed E-state index contributed by atoms with van der Waals surface area (Å²) in [5.74, 6) is -4.50. The van der Waals surface area contributed by atoms with Crippen molar-refractivity contribution >= 4 is 114 Å². The van der Waals surface area contributed by atoms with E-state index in [1.165, 1.54) is 23.5 Å². The molecule has 32 heteroatoms. The standard InChI is InChI=1S/C56H73N7O13S4.2O3S/c1-8-12-13-17-26-62-45-35-38(51(64)58-23-10-3)32-41(52(65)57-11-4)48(45)55(5,6)46(62)19-15-14-16-20-47-56(7,22-9-2)42-36-40(50-39(21-28-77-50)49(42)63(47)27-18-29-78(68,69)70)37-33-43(53(66)59-24-30-79(71,72)73)61-44(34-37)54(67)60-25-31-80(74,75)76;2*1-4(2)3/h14-16,19-21,28,32-36H,8-13,17-18,22-27,29-31H2,1-7H3,(H6-,57,58,59,60,64,65,66,67,68,69,70,71,72,73,74,75,76);;/t56-;;/m0../s1. The number of nitrogens with one attached hydrogen (secondary N) is 4. The number of thiophene rings is 1. The summed E-state index contributed by atoms with van der Waals surface area (Å²) in [7, 11) is -19.7. The molecule has 2 aliphatic heterocycles. The van der Waals surface area contributed by atoms with Gasteiger partial charge in [-0.2, -0.15) is 21.4 Å². The Kier molecular flexibility index (Phi) is 27.2. The summed E-state index contributed by atoms with van der Waals surface area (Å²) in [6.45, 7) is 14.9. The first-order valence-electron chi connectivity index (χ1n) is 27.9. The van der Waals surface area contributed by atoms with Gasteiger partial charge in [0.1, 0.15) is 17.9 Å². The normalized spacial score (nSPS) is 15.8. The van der Waals surface area contributed by atoms with E-state index in [1.54, 1.807) is 6.07 Å². The number of aromatic nitrogens is 1. The lowest BCUT2D eigenvalue weighted by Crippen LogP contribution is -2.32. The number of hydrogen-bond donors (Lipinski definition) is 6. The number of rotatable bonds is 28. The first kappa shape index (κ1) is 73.6. The number of hydrogen-bond acceptors (Lipinski definition) is 20. The summed E-state index contributed by atoms with van der Waals surface area (Å²) in [4.78, 5) is 61.0. The first-order chi connectivity index (χ1) is 41.2. The van der Waals surface area contributed by atoms with Crippen molar-refractivity contribution in [2.75, 3.05) is 61.4 Å². The molecule has 0 aliphatic carbocycles. The Morgan fingerprint density at radius 3 is 1.83 bits per heavy atom. The molecule has 0 saturated heterocycles. The van der Waals surface area contributed by atoms with Crippen LogP contribution in [0.15, 0.2) is 77.9 Å². The molecule has 0 fully saturated rings. The van der Waals surface area contributed by atoms with Gasteiger partial charge >= 0.3 is 21.2 Å². The van der Waals surface area contributed by atoms with Crippen LogP contribution < -0.4 is 26.2 Å². The van der Waals surface area contributed by atoms with Crippen molar-refractivity contribution in [2.24, 2.45) is 0 Å². The van der Waals surface area contributed by atoms with Crippen LogP contribution in [0.2, 0.25) is 0 Å². The number of carbonyl (C=O) groups is 4. The van der Waals surface area contributed by atoms with E-state index in [1.807, 2.05) is 79.3 Å². The first-order valence-corrected chi connectivity index (χ1v) is 35.6. The van der Waals surface area contributed by atoms with E-state index in [9.17, 15) is 58.1 Å². The number of benzene rings is 2. The van der Waals surface area contributed by atoms with Crippen LogP contribution in [-0.2, 0) is 62.4 Å². The van der Waals surface area contributed by atoms with Crippen molar-refractivity contribution in [1.82, 2.24) is 26.3 Å². The lowest BCUT2D eigenvalue weighted by molar-refractivity contribution is -0.435. The molecular weight excluding hydrogens is 1270 g/mol. The lowest BCUT2D eigenvalue weighted by Gasteiger charge is -2.27. The summed E-state index contributed by atoms with van der Waals surface area (Å²) in [5, 5.41) is 13.3. The number of carbonyl (C=O) groups excluding carboxylic acids is 4. The van der Waals surface area contributed by atoms with Crippen LogP contribution in [0.5, 0.6) is 0 Å². The molecule has 26 nitrogen and oxygen atoms in total. The fraction of sp³-hybridized carbons (Fsp3) is 0.464. The molecule has 6 rings (SSSR count). The Morgan fingerprint density at radius 2 is 1.30 bits per heavy atom. The minimum Gasteiger partial charge on any atom is -0.748 e. The molecule has 4 heterocycles. The molecule has 482 valence electrons. The molecule has 88 heavy (non-hydrogen) atoms. The maximum atomic E-state index is 13.8. The van der Waals surface area contributed by atoms with Crippen LogP contribution in [0.1, 0.15) is 153 Å². The topological polar surface area (TPSA) is 404 Å². The summed E-state index contributed by atoms with van der Waals surface area (Å²) < 4.78 is 154. The second kappa shape index (κ2) is 32.5. The fourth-order valence-electron chi connectivity index (χ4n) is 10.6. The van der Waals surface area contributed by atoms with Crippen molar-refractivity contribution in [3.63, 3.8) is 0 Å². The molecule has 0 bridgehead atoms. The highest BCUT2D eigenvalue weighted by atomic mass is 32.2. The number of allylic oxidation sites excluding steroid dienone is 6. The van der Waals surface area contributed by atoms with Gasteiger partial charge < -0.3 is 30.7 Å². The smallest absolute Gasteiger partial charge is 0.425 e. The second-order valence-electron chi connectivity index (χ2n) is 21.0. The van der Waals surface area contributed by atoms with Gasteiger partial charge in [0, 0.05) is 100 Å². The van der Waals surface area contributed by atoms with Gasteiger partial charge in [-0.1, -0.05) is 78.5 Å². The Balaban J connectivity index is 0.00000195. The molecule has 4 aromatic rings. The zero-order valence-electron chi connectivity index (χ0n) is 49.6. The molecule has 2 aliphatic rings. The average Bonchev–Trinajstić information content (AvgIpc) is 1.62. The molecular formula is C56H73N7O19S6. The van der Waals surface area contributed by atoms with Crippen molar-refractivity contribution in [2.45, 2.75) is 111 Å². The van der Waals surface area contributed by atoms with E-state index in [0.717, 1.165) is 71.4 Å². The van der Waals surface area contributed by atoms with Crippen LogP contribution >= 0.6 is 11.3 Å². The van der Waals surface area contributed by atoms with E-state index in [4.69, 9.17) is 25.3 Å². The minimum absolute atomic E-state index is 0.000572. The molecule has 2 aromatic carbocycles. The third kappa shape index (κ3) is 20.6. The predicted octanol–water partition coefficient (Wildman–Crippen LogP) is 5.55. The predicted molar refractivity (Wildman–Crippen MR) is 331 cm³/mol. The minimum atomic E-state index is -4.59. The maximum absolute atomic E-state index is 13.8. The number of nitrogens with zero attached hydrogens (tertiary/aromatic N) is 3. The van der Waals surface area contributed by atoms with E-state index < -0.39 is 105 Å². The molecule has 0 unspecified atom stereocenters. The second-order valence-corrected chi connectivity index (χ2v) is 27.4. The highest BCUT2D eigenvalue weighted by Crippen LogP contribution is 2.52. The van der Waals surface area contributed by atoms with Crippen molar-refractivity contribution in [3.8, 4) is 11.1 Å². The van der Waals surface area contributed by atoms with Gasteiger partial charge in [-0.05, 0) is 86.5 Å². The van der Waals surface area contributed by atoms with Gasteiger partial charge in [-0.25, -0.2) is 13.4 Å². The van der Waals surface area contributed by atoms with Crippen molar-refractivity contribution in [3.05, 3.63) is 111 Å². The number of anilines is 1. The largest absolute Gasteiger partial charge is 0.748 e. The summed E-state index contributed by atoms with van der Waals surface area (Å²) in [6.07, 6.45) is 15.7. The van der Waals surface area contributed by atoms with Crippen molar-refractivity contribution in [1.29, 1.82) is 0 Å². The highest BCUT2D eigenvalue weighted by Gasteiger charge is 2.49. The summed E-state index contributed by atoms with van der Waals surface area (Å²) in [6, 6.07) is 10.3. The van der Waals surface area contributed by atoms with Crippen LogP contribution in [0.25, 0.3) is 21.2 Å². The highest BCUT2D eigenvalue weighted by molar-refractivity contribution is 7.86. The monoisotopic (exact) mass is 1340 g/mol. The summed E-state index contributed by atoms with van der Waals surface area (Å²) >= 11 is 1.36. The van der Waals surface area contributed by atoms with Crippen molar-refractivity contribution < 1.29 is 87.9 Å². The summed E-state index contributed by atoms with van der Waals surface area (Å²) in [5.41, 5.74) is 4.64. The molecule has 1 atom stereocenters. The quantitative estimate of drug-likeness (QED) is 0.0176. The van der Waals surface area contributed by atoms with Gasteiger partial charge in [0.05, 0.1) is 32.4 Å². The zero-order valence-corrected chi connectivity index (χ0v) is 54.5. The molecule has 0 radical (unpaired) electrons. The SMILES string of the molecule is CCCCCCN1/C(=C/C=C/C=C/C2=[N+](CCCS(=O)(=O)[O-])c3c(cc(-c4cc(C(=O)NCCS(=O)(=O)O)nc(C(=O)NCCS(=O)(=O)O)c4)c4sccc34)[C@]2(C)CCC)C(C)(C)c2c(C(=O)NCC)cc(C(=O)NCCC)cc21.O=S(=O)=O.O=S(=O)=O. The van der Waals surface area contributed by atoms with E-state index in [0.29, 0.717) is 59.4 Å². The zero-order chi connectivity index (χ0) is 66.0. The third-order valence-corrected chi connectivity index (χ3v) is 17.3. The van der Waals surface area contributed by atoms with Crippen LogP contribution in [0.3, 0.4) is 0 Å². The van der Waals surface area contributed by atoms with Crippen LogP contribution in [-0.4, -0.2) is 160 Å². The van der Waals surface area contributed by atoms with Crippen LogP contribution in [0.4, 0.5) is 11.4 Å². The van der Waals surface area contributed by atoms with Gasteiger partial charge in [-0.3, -0.25) is 28.3 Å². The molecule has 6 N–H and O–H groups in total. The van der Waals surface area contributed by atoms with E-state index >= 15 is 0 Å². The maximum Gasteiger partial charge on any atom is 0.425 e.